The first kappa shape index (κ1) is 22.7. The lowest BCUT2D eigenvalue weighted by atomic mass is 9.98. The number of non-ortho nitro benzene ring substituents is 1. The van der Waals surface area contributed by atoms with Gasteiger partial charge in [-0.25, -0.2) is 9.48 Å². The Morgan fingerprint density at radius 3 is 2.11 bits per heavy atom. The van der Waals surface area contributed by atoms with Crippen LogP contribution in [-0.4, -0.2) is 20.7 Å². The van der Waals surface area contributed by atoms with E-state index in [1.807, 2.05) is 84.4 Å². The van der Waals surface area contributed by atoms with Crippen molar-refractivity contribution in [1.29, 1.82) is 0 Å². The van der Waals surface area contributed by atoms with Crippen LogP contribution in [0, 0.1) is 17.0 Å². The molecule has 0 radical (unpaired) electrons. The lowest BCUT2D eigenvalue weighted by Gasteiger charge is -2.13. The van der Waals surface area contributed by atoms with E-state index < -0.39 is 10.9 Å². The molecule has 0 aliphatic carbocycles. The molecule has 1 heterocycles. The Hall–Kier alpha value is -5.04. The quantitative estimate of drug-likeness (QED) is 0.119. The van der Waals surface area contributed by atoms with Crippen LogP contribution in [0.3, 0.4) is 0 Å². The molecule has 0 aliphatic heterocycles. The molecular formula is C29H21N3O4. The molecule has 0 atom stereocenters. The maximum atomic E-state index is 12.9. The van der Waals surface area contributed by atoms with Crippen molar-refractivity contribution >= 4 is 11.7 Å². The van der Waals surface area contributed by atoms with Gasteiger partial charge in [-0.1, -0.05) is 66.7 Å². The number of nitro benzene ring substituents is 1. The second-order valence-corrected chi connectivity index (χ2v) is 8.11. The van der Waals surface area contributed by atoms with Crippen molar-refractivity contribution in [2.75, 3.05) is 0 Å². The zero-order valence-corrected chi connectivity index (χ0v) is 19.4. The fraction of sp³-hybridized carbons (Fsp3) is 0.0345. The highest BCUT2D eigenvalue weighted by Crippen LogP contribution is 2.40. The Bertz CT molecular complexity index is 1540. The number of nitro groups is 1. The van der Waals surface area contributed by atoms with Gasteiger partial charge >= 0.3 is 5.97 Å². The van der Waals surface area contributed by atoms with Crippen molar-refractivity contribution in [2.24, 2.45) is 0 Å². The minimum atomic E-state index is -0.605. The van der Waals surface area contributed by atoms with Crippen molar-refractivity contribution in [1.82, 2.24) is 9.78 Å². The number of aryl methyl sites for hydroxylation is 1. The van der Waals surface area contributed by atoms with Crippen molar-refractivity contribution in [3.63, 3.8) is 0 Å². The van der Waals surface area contributed by atoms with Gasteiger partial charge in [-0.3, -0.25) is 10.1 Å². The molecule has 0 aliphatic rings. The van der Waals surface area contributed by atoms with E-state index in [1.165, 1.54) is 24.3 Å². The van der Waals surface area contributed by atoms with Crippen LogP contribution in [-0.2, 0) is 0 Å². The minimum Gasteiger partial charge on any atom is -0.422 e. The number of carbonyl (C=O) groups excluding carboxylic acids is 1. The minimum absolute atomic E-state index is 0.0941. The maximum Gasteiger partial charge on any atom is 0.343 e. The van der Waals surface area contributed by atoms with Crippen LogP contribution in [0.1, 0.15) is 16.1 Å². The molecular weight excluding hydrogens is 454 g/mol. The number of ether oxygens (including phenoxy) is 1. The Morgan fingerprint density at radius 1 is 0.833 bits per heavy atom. The van der Waals surface area contributed by atoms with E-state index in [0.29, 0.717) is 11.3 Å². The molecule has 0 N–H and O–H groups in total. The molecule has 0 spiro atoms. The Kier molecular flexibility index (Phi) is 6.11. The van der Waals surface area contributed by atoms with Gasteiger partial charge in [0.05, 0.1) is 27.6 Å². The van der Waals surface area contributed by atoms with Crippen LogP contribution in [0.5, 0.6) is 5.75 Å². The zero-order valence-electron chi connectivity index (χ0n) is 19.4. The van der Waals surface area contributed by atoms with Gasteiger partial charge in [0, 0.05) is 28.8 Å². The van der Waals surface area contributed by atoms with Crippen LogP contribution in [0.4, 0.5) is 5.69 Å². The van der Waals surface area contributed by atoms with Crippen LogP contribution in [0.25, 0.3) is 28.1 Å². The first-order valence-corrected chi connectivity index (χ1v) is 11.3. The van der Waals surface area contributed by atoms with E-state index in [2.05, 4.69) is 0 Å². The normalized spacial score (nSPS) is 10.7. The van der Waals surface area contributed by atoms with Gasteiger partial charge in [0.15, 0.2) is 0 Å². The van der Waals surface area contributed by atoms with Gasteiger partial charge in [-0.15, -0.1) is 0 Å². The maximum absolute atomic E-state index is 12.9. The highest BCUT2D eigenvalue weighted by molar-refractivity contribution is 5.94. The monoisotopic (exact) mass is 475 g/mol. The second-order valence-electron chi connectivity index (χ2n) is 8.11. The second kappa shape index (κ2) is 9.68. The molecule has 5 aromatic rings. The van der Waals surface area contributed by atoms with E-state index in [4.69, 9.17) is 9.84 Å². The summed E-state index contributed by atoms with van der Waals surface area (Å²) in [7, 11) is 0. The van der Waals surface area contributed by atoms with E-state index >= 15 is 0 Å². The van der Waals surface area contributed by atoms with E-state index in [9.17, 15) is 14.9 Å². The number of hydrogen-bond donors (Lipinski definition) is 0. The first-order chi connectivity index (χ1) is 17.5. The molecule has 7 nitrogen and oxygen atoms in total. The van der Waals surface area contributed by atoms with Gasteiger partial charge in [0.25, 0.3) is 5.69 Å². The smallest absolute Gasteiger partial charge is 0.343 e. The summed E-state index contributed by atoms with van der Waals surface area (Å²) in [5, 5.41) is 15.8. The molecule has 5 rings (SSSR count). The number of hydrogen-bond acceptors (Lipinski definition) is 5. The van der Waals surface area contributed by atoms with Crippen molar-refractivity contribution < 1.29 is 14.5 Å². The number of nitrogens with zero attached hydrogens (tertiary/aromatic N) is 3. The third kappa shape index (κ3) is 4.37. The zero-order chi connectivity index (χ0) is 25.1. The van der Waals surface area contributed by atoms with Gasteiger partial charge in [-0.05, 0) is 37.3 Å². The predicted octanol–water partition coefficient (Wildman–Crippen LogP) is 6.64. The van der Waals surface area contributed by atoms with Crippen molar-refractivity contribution in [3.8, 4) is 33.8 Å². The summed E-state index contributed by atoms with van der Waals surface area (Å²) < 4.78 is 7.70. The third-order valence-electron chi connectivity index (χ3n) is 5.78. The highest BCUT2D eigenvalue weighted by Gasteiger charge is 2.23. The van der Waals surface area contributed by atoms with Gasteiger partial charge < -0.3 is 4.74 Å². The number of para-hydroxylation sites is 2. The van der Waals surface area contributed by atoms with E-state index in [0.717, 1.165) is 28.2 Å². The average molecular weight is 476 g/mol. The molecule has 0 unspecified atom stereocenters. The summed E-state index contributed by atoms with van der Waals surface area (Å²) in [6.45, 7) is 1.93. The summed E-state index contributed by atoms with van der Waals surface area (Å²) in [6.07, 6.45) is 0. The van der Waals surface area contributed by atoms with Gasteiger partial charge in [-0.2, -0.15) is 5.10 Å². The highest BCUT2D eigenvalue weighted by atomic mass is 16.6. The number of esters is 1. The summed E-state index contributed by atoms with van der Waals surface area (Å²) in [4.78, 5) is 23.4. The predicted molar refractivity (Wildman–Crippen MR) is 137 cm³/mol. The lowest BCUT2D eigenvalue weighted by molar-refractivity contribution is -0.384. The SMILES string of the molecule is Cc1nn(-c2ccccc2)c(-c2ccccc2)c1-c1ccccc1OC(=O)c1ccc([N+](=O)[O-])cc1. The third-order valence-corrected chi connectivity index (χ3v) is 5.78. The fourth-order valence-corrected chi connectivity index (χ4v) is 4.11. The van der Waals surface area contributed by atoms with Crippen LogP contribution >= 0.6 is 0 Å². The fourth-order valence-electron chi connectivity index (χ4n) is 4.11. The molecule has 0 fully saturated rings. The Labute approximate surface area is 207 Å². The van der Waals surface area contributed by atoms with Crippen LogP contribution < -0.4 is 4.74 Å². The molecule has 0 saturated heterocycles. The standard InChI is InChI=1S/C29H21N3O4/c1-20-27(28(21-10-4-2-5-11-21)31(30-20)23-12-6-3-7-13-23)25-14-8-9-15-26(25)36-29(33)22-16-18-24(19-17-22)32(34)35/h2-19H,1H3. The molecule has 0 saturated carbocycles. The molecule has 176 valence electrons. The molecule has 4 aromatic carbocycles. The number of carbonyl (C=O) groups is 1. The van der Waals surface area contributed by atoms with Gasteiger partial charge in [0.1, 0.15) is 5.75 Å². The molecule has 1 aromatic heterocycles. The number of benzene rings is 4. The number of aromatic nitrogens is 2. The molecule has 7 heteroatoms. The average Bonchev–Trinajstić information content (AvgIpc) is 3.27. The molecule has 0 amide bonds. The summed E-state index contributed by atoms with van der Waals surface area (Å²) in [5.74, 6) is -0.236. The topological polar surface area (TPSA) is 87.3 Å². The molecule has 0 bridgehead atoms. The lowest BCUT2D eigenvalue weighted by Crippen LogP contribution is -2.09. The Morgan fingerprint density at radius 2 is 1.44 bits per heavy atom. The first-order valence-electron chi connectivity index (χ1n) is 11.3. The number of rotatable bonds is 6. The Balaban J connectivity index is 1.61. The summed E-state index contributed by atoms with van der Waals surface area (Å²) in [5.41, 5.74) is 5.21. The summed E-state index contributed by atoms with van der Waals surface area (Å²) in [6, 6.07) is 32.4. The van der Waals surface area contributed by atoms with E-state index in [-0.39, 0.29) is 11.3 Å². The van der Waals surface area contributed by atoms with Gasteiger partial charge in [0.2, 0.25) is 0 Å². The van der Waals surface area contributed by atoms with E-state index in [1.54, 1.807) is 12.1 Å². The van der Waals surface area contributed by atoms with Crippen LogP contribution in [0.15, 0.2) is 109 Å². The molecule has 36 heavy (non-hydrogen) atoms. The van der Waals surface area contributed by atoms with Crippen molar-refractivity contribution in [2.45, 2.75) is 6.92 Å². The van der Waals surface area contributed by atoms with Crippen LogP contribution in [0.2, 0.25) is 0 Å². The largest absolute Gasteiger partial charge is 0.422 e. The van der Waals surface area contributed by atoms with Crippen molar-refractivity contribution in [3.05, 3.63) is 131 Å². The summed E-state index contributed by atoms with van der Waals surface area (Å²) >= 11 is 0.